The first kappa shape index (κ1) is 18.7. The molecule has 0 saturated heterocycles. The van der Waals surface area contributed by atoms with Crippen LogP contribution in [-0.4, -0.2) is 25.5 Å². The average molecular weight is 367 g/mol. The fourth-order valence-corrected chi connectivity index (χ4v) is 2.97. The molecule has 0 aliphatic heterocycles. The Kier molecular flexibility index (Phi) is 5.59. The first-order valence-corrected chi connectivity index (χ1v) is 9.04. The minimum Gasteiger partial charge on any atom is -0.471 e. The van der Waals surface area contributed by atoms with Gasteiger partial charge in [-0.05, 0) is 51.5 Å². The Labute approximate surface area is 159 Å². The van der Waals surface area contributed by atoms with E-state index in [1.54, 1.807) is 23.1 Å². The van der Waals surface area contributed by atoms with Gasteiger partial charge in [-0.3, -0.25) is 9.48 Å². The average Bonchev–Trinajstić information content (AvgIpc) is 3.30. The maximum Gasteiger partial charge on any atom is 0.272 e. The lowest BCUT2D eigenvalue weighted by atomic mass is 10.1. The second kappa shape index (κ2) is 8.07. The molecule has 0 spiro atoms. The number of amides is 1. The van der Waals surface area contributed by atoms with Crippen LogP contribution in [0.1, 0.15) is 47.2 Å². The van der Waals surface area contributed by atoms with E-state index < -0.39 is 0 Å². The van der Waals surface area contributed by atoms with Gasteiger partial charge in [0.25, 0.3) is 5.91 Å². The normalized spacial score (nSPS) is 12.0. The zero-order valence-corrected chi connectivity index (χ0v) is 16.1. The van der Waals surface area contributed by atoms with Gasteiger partial charge in [-0.1, -0.05) is 17.7 Å². The molecule has 0 bridgehead atoms. The Bertz CT molecular complexity index is 928. The van der Waals surface area contributed by atoms with Crippen LogP contribution in [0.4, 0.5) is 0 Å². The van der Waals surface area contributed by atoms with Gasteiger partial charge in [0.05, 0.1) is 11.7 Å². The molecule has 27 heavy (non-hydrogen) atoms. The number of ether oxygens (including phenoxy) is 1. The van der Waals surface area contributed by atoms with Crippen molar-refractivity contribution >= 4 is 5.91 Å². The second-order valence-electron chi connectivity index (χ2n) is 6.55. The number of carbonyl (C=O) groups excluding carboxylic acids is 1. The lowest BCUT2D eigenvalue weighted by Gasteiger charge is -2.14. The number of aryl methyl sites for hydroxylation is 3. The third-order valence-corrected chi connectivity index (χ3v) is 4.40. The Hall–Kier alpha value is -3.09. The van der Waals surface area contributed by atoms with E-state index in [4.69, 9.17) is 4.74 Å². The fourth-order valence-electron chi connectivity index (χ4n) is 2.97. The molecule has 3 rings (SSSR count). The Morgan fingerprint density at radius 3 is 2.81 bits per heavy atom. The highest BCUT2D eigenvalue weighted by Crippen LogP contribution is 2.19. The SMILES string of the molecule is CCn1nccc1C(C)NC(=O)c1ccn(COc2ccc(C)cc2C)n1. The minimum absolute atomic E-state index is 0.156. The summed E-state index contributed by atoms with van der Waals surface area (Å²) in [7, 11) is 0. The first-order chi connectivity index (χ1) is 13.0. The summed E-state index contributed by atoms with van der Waals surface area (Å²) >= 11 is 0. The highest BCUT2D eigenvalue weighted by molar-refractivity contribution is 5.92. The first-order valence-electron chi connectivity index (χ1n) is 9.04. The number of nitrogens with one attached hydrogen (secondary N) is 1. The molecule has 7 heteroatoms. The summed E-state index contributed by atoms with van der Waals surface area (Å²) < 4.78 is 9.27. The van der Waals surface area contributed by atoms with Crippen LogP contribution in [0, 0.1) is 13.8 Å². The molecule has 7 nitrogen and oxygen atoms in total. The molecule has 0 fully saturated rings. The van der Waals surface area contributed by atoms with Gasteiger partial charge in [0.1, 0.15) is 11.4 Å². The molecule has 142 valence electrons. The lowest BCUT2D eigenvalue weighted by Crippen LogP contribution is -2.28. The van der Waals surface area contributed by atoms with Crippen LogP contribution in [0.3, 0.4) is 0 Å². The summed E-state index contributed by atoms with van der Waals surface area (Å²) in [4.78, 5) is 12.5. The molecular formula is C20H25N5O2. The van der Waals surface area contributed by atoms with Crippen molar-refractivity contribution in [3.8, 4) is 5.75 Å². The van der Waals surface area contributed by atoms with Crippen LogP contribution >= 0.6 is 0 Å². The molecule has 0 aliphatic carbocycles. The molecule has 1 amide bonds. The highest BCUT2D eigenvalue weighted by Gasteiger charge is 2.16. The van der Waals surface area contributed by atoms with E-state index >= 15 is 0 Å². The van der Waals surface area contributed by atoms with E-state index in [-0.39, 0.29) is 18.7 Å². The largest absolute Gasteiger partial charge is 0.471 e. The van der Waals surface area contributed by atoms with Crippen LogP contribution < -0.4 is 10.1 Å². The van der Waals surface area contributed by atoms with Crippen LogP contribution in [0.25, 0.3) is 0 Å². The van der Waals surface area contributed by atoms with Gasteiger partial charge in [-0.15, -0.1) is 0 Å². The topological polar surface area (TPSA) is 74.0 Å². The molecule has 0 aliphatic rings. The van der Waals surface area contributed by atoms with Crippen molar-refractivity contribution in [3.63, 3.8) is 0 Å². The minimum atomic E-state index is -0.225. The van der Waals surface area contributed by atoms with Gasteiger partial charge in [-0.25, -0.2) is 4.68 Å². The number of carbonyl (C=O) groups is 1. The quantitative estimate of drug-likeness (QED) is 0.696. The smallest absolute Gasteiger partial charge is 0.272 e. The molecule has 1 N–H and O–H groups in total. The van der Waals surface area contributed by atoms with Gasteiger partial charge < -0.3 is 10.1 Å². The van der Waals surface area contributed by atoms with Gasteiger partial charge in [0.15, 0.2) is 6.73 Å². The van der Waals surface area contributed by atoms with Crippen LogP contribution in [0.15, 0.2) is 42.7 Å². The van der Waals surface area contributed by atoms with E-state index in [2.05, 4.69) is 21.6 Å². The van der Waals surface area contributed by atoms with E-state index in [9.17, 15) is 4.79 Å². The number of nitrogens with zero attached hydrogens (tertiary/aromatic N) is 4. The van der Waals surface area contributed by atoms with Crippen LogP contribution in [0.2, 0.25) is 0 Å². The zero-order valence-electron chi connectivity index (χ0n) is 16.1. The monoisotopic (exact) mass is 367 g/mol. The van der Waals surface area contributed by atoms with Crippen molar-refractivity contribution < 1.29 is 9.53 Å². The zero-order chi connectivity index (χ0) is 19.4. The molecule has 0 radical (unpaired) electrons. The Morgan fingerprint density at radius 1 is 1.26 bits per heavy atom. The summed E-state index contributed by atoms with van der Waals surface area (Å²) in [5, 5.41) is 11.5. The van der Waals surface area contributed by atoms with Crippen molar-refractivity contribution in [3.05, 3.63) is 65.2 Å². The molecule has 2 heterocycles. The van der Waals surface area contributed by atoms with Gasteiger partial charge in [0.2, 0.25) is 0 Å². The third-order valence-electron chi connectivity index (χ3n) is 4.40. The molecule has 3 aromatic rings. The van der Waals surface area contributed by atoms with Crippen molar-refractivity contribution in [1.82, 2.24) is 24.9 Å². The summed E-state index contributed by atoms with van der Waals surface area (Å²) in [6.07, 6.45) is 3.47. The van der Waals surface area contributed by atoms with E-state index in [0.29, 0.717) is 5.69 Å². The third kappa shape index (κ3) is 4.36. The maximum atomic E-state index is 12.5. The van der Waals surface area contributed by atoms with E-state index in [0.717, 1.165) is 23.6 Å². The number of rotatable bonds is 7. The molecular weight excluding hydrogens is 342 g/mol. The Balaban J connectivity index is 1.60. The standard InChI is InChI=1S/C20H25N5O2/c1-5-25-18(8-10-21-25)16(4)22-20(26)17-9-11-24(23-17)13-27-19-7-6-14(2)12-15(19)3/h6-12,16H,5,13H2,1-4H3,(H,22,26). The van der Waals surface area contributed by atoms with Crippen LogP contribution in [0.5, 0.6) is 5.75 Å². The van der Waals surface area contributed by atoms with Crippen molar-refractivity contribution in [1.29, 1.82) is 0 Å². The number of hydrogen-bond donors (Lipinski definition) is 1. The molecule has 2 aromatic heterocycles. The number of hydrogen-bond acceptors (Lipinski definition) is 4. The highest BCUT2D eigenvalue weighted by atomic mass is 16.5. The lowest BCUT2D eigenvalue weighted by molar-refractivity contribution is 0.0931. The molecule has 0 saturated carbocycles. The van der Waals surface area contributed by atoms with Crippen molar-refractivity contribution in [2.24, 2.45) is 0 Å². The summed E-state index contributed by atoms with van der Waals surface area (Å²) in [5.74, 6) is 0.583. The molecule has 1 aromatic carbocycles. The van der Waals surface area contributed by atoms with Crippen molar-refractivity contribution in [2.75, 3.05) is 0 Å². The number of aromatic nitrogens is 4. The molecule has 1 unspecified atom stereocenters. The van der Waals surface area contributed by atoms with Crippen molar-refractivity contribution in [2.45, 2.75) is 47.0 Å². The van der Waals surface area contributed by atoms with Gasteiger partial charge in [-0.2, -0.15) is 10.2 Å². The second-order valence-corrected chi connectivity index (χ2v) is 6.55. The fraction of sp³-hybridized carbons (Fsp3) is 0.350. The van der Waals surface area contributed by atoms with Gasteiger partial charge >= 0.3 is 0 Å². The van der Waals surface area contributed by atoms with E-state index in [1.807, 2.05) is 50.6 Å². The summed E-state index contributed by atoms with van der Waals surface area (Å²) in [6.45, 7) is 9.00. The van der Waals surface area contributed by atoms with E-state index in [1.165, 1.54) is 5.56 Å². The summed E-state index contributed by atoms with van der Waals surface area (Å²) in [6, 6.07) is 9.46. The predicted molar refractivity (Wildman–Crippen MR) is 103 cm³/mol. The molecule has 1 atom stereocenters. The number of benzene rings is 1. The summed E-state index contributed by atoms with van der Waals surface area (Å²) in [5.41, 5.74) is 3.58. The Morgan fingerprint density at radius 2 is 2.07 bits per heavy atom. The van der Waals surface area contributed by atoms with Crippen LogP contribution in [-0.2, 0) is 13.3 Å². The maximum absolute atomic E-state index is 12.5. The van der Waals surface area contributed by atoms with Gasteiger partial charge in [0, 0.05) is 18.9 Å². The predicted octanol–water partition coefficient (Wildman–Crippen LogP) is 3.24.